The summed E-state index contributed by atoms with van der Waals surface area (Å²) in [6.07, 6.45) is -0.762. The molecule has 0 amide bonds. The summed E-state index contributed by atoms with van der Waals surface area (Å²) in [6, 6.07) is 3.81. The van der Waals surface area contributed by atoms with E-state index in [2.05, 4.69) is 0 Å². The molecule has 0 bridgehead atoms. The molecule has 0 saturated heterocycles. The highest BCUT2D eigenvalue weighted by Crippen LogP contribution is 2.26. The maximum absolute atomic E-state index is 10.9. The number of aliphatic carboxylic acids is 2. The molecule has 6 heteroatoms. The molecule has 1 atom stereocenters. The van der Waals surface area contributed by atoms with E-state index in [1.165, 1.54) is 25.1 Å². The van der Waals surface area contributed by atoms with Crippen LogP contribution in [0.2, 0.25) is 0 Å². The van der Waals surface area contributed by atoms with Gasteiger partial charge in [-0.2, -0.15) is 0 Å². The molecule has 0 aliphatic carbocycles. The van der Waals surface area contributed by atoms with Gasteiger partial charge in [0, 0.05) is 5.56 Å². The van der Waals surface area contributed by atoms with Crippen LogP contribution in [-0.2, 0) is 15.2 Å². The van der Waals surface area contributed by atoms with Crippen LogP contribution in [0.4, 0.5) is 0 Å². The summed E-state index contributed by atoms with van der Waals surface area (Å²) in [6.45, 7) is 3.12. The first-order valence-corrected chi connectivity index (χ1v) is 5.19. The third kappa shape index (κ3) is 2.20. The maximum Gasteiger partial charge on any atom is 0.352 e. The van der Waals surface area contributed by atoms with Crippen molar-refractivity contribution in [1.82, 2.24) is 0 Å². The fourth-order valence-electron chi connectivity index (χ4n) is 1.71. The second-order valence-electron chi connectivity index (χ2n) is 4.07. The molecule has 1 unspecified atom stereocenters. The lowest BCUT2D eigenvalue weighted by Crippen LogP contribution is -2.43. The van der Waals surface area contributed by atoms with Gasteiger partial charge in [-0.25, -0.2) is 9.59 Å². The monoisotopic (exact) mass is 254 g/mol. The summed E-state index contributed by atoms with van der Waals surface area (Å²) in [7, 11) is 0. The number of rotatable bonds is 4. The molecule has 0 aliphatic heterocycles. The van der Waals surface area contributed by atoms with Crippen LogP contribution in [0.5, 0.6) is 0 Å². The fourth-order valence-corrected chi connectivity index (χ4v) is 1.71. The van der Waals surface area contributed by atoms with Gasteiger partial charge in [-0.1, -0.05) is 18.2 Å². The molecular weight excluding hydrogens is 240 g/mol. The molecular formula is C12H14O6. The van der Waals surface area contributed by atoms with Crippen molar-refractivity contribution in [2.24, 2.45) is 0 Å². The van der Waals surface area contributed by atoms with Crippen LogP contribution in [-0.4, -0.2) is 32.4 Å². The zero-order chi connectivity index (χ0) is 14.1. The molecule has 1 aromatic carbocycles. The average Bonchev–Trinajstić information content (AvgIpc) is 2.26. The lowest BCUT2D eigenvalue weighted by molar-refractivity contribution is -0.177. The number of carboxylic acid groups (broad SMARTS) is 2. The minimum atomic E-state index is -2.98. The van der Waals surface area contributed by atoms with Gasteiger partial charge in [0.15, 0.2) is 0 Å². The van der Waals surface area contributed by atoms with E-state index in [-0.39, 0.29) is 5.56 Å². The van der Waals surface area contributed by atoms with Gasteiger partial charge in [0.2, 0.25) is 0 Å². The SMILES string of the molecule is Cc1cc(C(O)(C(=O)O)C(=O)O)ccc1C(C)O. The summed E-state index contributed by atoms with van der Waals surface area (Å²) in [5.74, 6) is -3.72. The molecule has 0 heterocycles. The Hall–Kier alpha value is -1.92. The Morgan fingerprint density at radius 1 is 1.22 bits per heavy atom. The molecule has 4 N–H and O–H groups in total. The molecule has 18 heavy (non-hydrogen) atoms. The van der Waals surface area contributed by atoms with Crippen LogP contribution in [0.1, 0.15) is 29.7 Å². The van der Waals surface area contributed by atoms with Crippen LogP contribution in [0, 0.1) is 6.92 Å². The van der Waals surface area contributed by atoms with Gasteiger partial charge in [-0.3, -0.25) is 0 Å². The summed E-state index contributed by atoms with van der Waals surface area (Å²) in [4.78, 5) is 21.8. The quantitative estimate of drug-likeness (QED) is 0.578. The molecule has 0 spiro atoms. The third-order valence-electron chi connectivity index (χ3n) is 2.76. The Morgan fingerprint density at radius 2 is 1.72 bits per heavy atom. The van der Waals surface area contributed by atoms with Gasteiger partial charge in [-0.15, -0.1) is 0 Å². The van der Waals surface area contributed by atoms with Crippen molar-refractivity contribution >= 4 is 11.9 Å². The Bertz CT molecular complexity index is 477. The summed E-state index contributed by atoms with van der Waals surface area (Å²) in [5.41, 5.74) is -2.20. The van der Waals surface area contributed by atoms with Gasteiger partial charge in [0.05, 0.1) is 6.10 Å². The number of aliphatic hydroxyl groups excluding tert-OH is 1. The van der Waals surface area contributed by atoms with Crippen molar-refractivity contribution < 1.29 is 30.0 Å². The maximum atomic E-state index is 10.9. The first kappa shape index (κ1) is 14.1. The molecule has 1 rings (SSSR count). The molecule has 0 saturated carbocycles. The lowest BCUT2D eigenvalue weighted by atomic mass is 9.90. The number of aliphatic hydroxyl groups is 2. The minimum Gasteiger partial charge on any atom is -0.478 e. The summed E-state index contributed by atoms with van der Waals surface area (Å²) >= 11 is 0. The molecule has 0 aromatic heterocycles. The second-order valence-corrected chi connectivity index (χ2v) is 4.07. The minimum absolute atomic E-state index is 0.260. The lowest BCUT2D eigenvalue weighted by Gasteiger charge is -2.20. The molecule has 0 radical (unpaired) electrons. The predicted molar refractivity (Wildman–Crippen MR) is 61.0 cm³/mol. The predicted octanol–water partition coefficient (Wildman–Crippen LogP) is 0.405. The van der Waals surface area contributed by atoms with E-state index in [0.29, 0.717) is 11.1 Å². The highest BCUT2D eigenvalue weighted by atomic mass is 16.4. The second kappa shape index (κ2) is 4.75. The molecule has 98 valence electrons. The number of hydrogen-bond acceptors (Lipinski definition) is 4. The highest BCUT2D eigenvalue weighted by Gasteiger charge is 2.46. The van der Waals surface area contributed by atoms with Crippen LogP contribution < -0.4 is 0 Å². The molecule has 0 fully saturated rings. The van der Waals surface area contributed by atoms with Gasteiger partial charge in [0.1, 0.15) is 0 Å². The van der Waals surface area contributed by atoms with Gasteiger partial charge >= 0.3 is 11.9 Å². The van der Waals surface area contributed by atoms with Crippen LogP contribution in [0.3, 0.4) is 0 Å². The number of carbonyl (C=O) groups is 2. The normalized spacial score (nSPS) is 13.1. The van der Waals surface area contributed by atoms with Gasteiger partial charge < -0.3 is 20.4 Å². The number of benzene rings is 1. The number of carboxylic acids is 2. The zero-order valence-corrected chi connectivity index (χ0v) is 9.91. The van der Waals surface area contributed by atoms with E-state index in [1.54, 1.807) is 6.92 Å². The van der Waals surface area contributed by atoms with E-state index in [1.807, 2.05) is 0 Å². The standard InChI is InChI=1S/C12H14O6/c1-6-5-8(3-4-9(6)7(2)13)12(18,10(14)15)11(16)17/h3-5,7,13,18H,1-2H3,(H,14,15)(H,16,17). The Kier molecular flexibility index (Phi) is 3.73. The Labute approximate surface area is 103 Å². The van der Waals surface area contributed by atoms with Gasteiger partial charge in [0.25, 0.3) is 5.60 Å². The van der Waals surface area contributed by atoms with Crippen molar-refractivity contribution in [3.8, 4) is 0 Å². The number of aryl methyl sites for hydroxylation is 1. The first-order chi connectivity index (χ1) is 8.21. The molecule has 6 nitrogen and oxygen atoms in total. The van der Waals surface area contributed by atoms with Crippen molar-refractivity contribution in [3.63, 3.8) is 0 Å². The van der Waals surface area contributed by atoms with E-state index >= 15 is 0 Å². The van der Waals surface area contributed by atoms with E-state index < -0.39 is 23.6 Å². The smallest absolute Gasteiger partial charge is 0.352 e. The molecule has 1 aromatic rings. The zero-order valence-electron chi connectivity index (χ0n) is 9.91. The van der Waals surface area contributed by atoms with Crippen molar-refractivity contribution in [1.29, 1.82) is 0 Å². The average molecular weight is 254 g/mol. The topological polar surface area (TPSA) is 115 Å². The van der Waals surface area contributed by atoms with E-state index in [9.17, 15) is 19.8 Å². The highest BCUT2D eigenvalue weighted by molar-refractivity contribution is 6.02. The van der Waals surface area contributed by atoms with Crippen molar-refractivity contribution in [3.05, 3.63) is 34.9 Å². The molecule has 0 aliphatic rings. The first-order valence-electron chi connectivity index (χ1n) is 5.19. The summed E-state index contributed by atoms with van der Waals surface area (Å²) in [5, 5.41) is 36.8. The van der Waals surface area contributed by atoms with E-state index in [0.717, 1.165) is 0 Å². The van der Waals surface area contributed by atoms with Crippen molar-refractivity contribution in [2.75, 3.05) is 0 Å². The van der Waals surface area contributed by atoms with E-state index in [4.69, 9.17) is 10.2 Å². The van der Waals surface area contributed by atoms with Crippen LogP contribution >= 0.6 is 0 Å². The van der Waals surface area contributed by atoms with Crippen molar-refractivity contribution in [2.45, 2.75) is 25.6 Å². The van der Waals surface area contributed by atoms with Gasteiger partial charge in [-0.05, 0) is 25.0 Å². The Balaban J connectivity index is 3.38. The Morgan fingerprint density at radius 3 is 2.06 bits per heavy atom. The fraction of sp³-hybridized carbons (Fsp3) is 0.333. The largest absolute Gasteiger partial charge is 0.478 e. The van der Waals surface area contributed by atoms with Crippen LogP contribution in [0.25, 0.3) is 0 Å². The third-order valence-corrected chi connectivity index (χ3v) is 2.76. The number of hydrogen-bond donors (Lipinski definition) is 4. The summed E-state index contributed by atoms with van der Waals surface area (Å²) < 4.78 is 0. The van der Waals surface area contributed by atoms with Crippen LogP contribution in [0.15, 0.2) is 18.2 Å².